The van der Waals surface area contributed by atoms with Crippen LogP contribution in [0.3, 0.4) is 0 Å². The first-order chi connectivity index (χ1) is 14.2. The van der Waals surface area contributed by atoms with Crippen LogP contribution in [0, 0.1) is 0 Å². The van der Waals surface area contributed by atoms with Gasteiger partial charge in [0, 0.05) is 19.0 Å². The zero-order valence-corrected chi connectivity index (χ0v) is 16.8. The number of carbonyl (C=O) groups excluding carboxylic acids is 1. The van der Waals surface area contributed by atoms with Crippen molar-refractivity contribution in [3.05, 3.63) is 59.4 Å². The predicted molar refractivity (Wildman–Crippen MR) is 110 cm³/mol. The fourth-order valence-corrected chi connectivity index (χ4v) is 3.65. The van der Waals surface area contributed by atoms with Gasteiger partial charge < -0.3 is 19.4 Å². The Morgan fingerprint density at radius 2 is 2.03 bits per heavy atom. The van der Waals surface area contributed by atoms with Crippen molar-refractivity contribution in [1.29, 1.82) is 0 Å². The largest absolute Gasteiger partial charge is 0.463 e. The number of hydrogen-bond acceptors (Lipinski definition) is 4. The second-order valence-electron chi connectivity index (χ2n) is 6.98. The molecule has 1 saturated heterocycles. The van der Waals surface area contributed by atoms with Gasteiger partial charge in [0.2, 0.25) is 0 Å². The number of nitrogens with zero attached hydrogens (tertiary/aromatic N) is 2. The van der Waals surface area contributed by atoms with Gasteiger partial charge in [0.25, 0.3) is 5.91 Å². The Morgan fingerprint density at radius 1 is 1.21 bits per heavy atom. The van der Waals surface area contributed by atoms with Gasteiger partial charge in [0.05, 0.1) is 36.7 Å². The van der Waals surface area contributed by atoms with Crippen molar-refractivity contribution in [2.24, 2.45) is 0 Å². The smallest absolute Gasteiger partial charge is 0.270 e. The van der Waals surface area contributed by atoms with Gasteiger partial charge in [-0.25, -0.2) is 4.68 Å². The monoisotopic (exact) mass is 415 g/mol. The normalized spacial score (nSPS) is 14.8. The number of carbonyl (C=O) groups is 1. The minimum Gasteiger partial charge on any atom is -0.463 e. The molecule has 0 saturated carbocycles. The molecule has 3 heterocycles. The van der Waals surface area contributed by atoms with Crippen LogP contribution in [0.2, 0.25) is 5.02 Å². The van der Waals surface area contributed by atoms with Gasteiger partial charge in [-0.05, 0) is 24.3 Å². The molecule has 1 fully saturated rings. The van der Waals surface area contributed by atoms with E-state index in [9.17, 15) is 4.79 Å². The molecule has 1 aliphatic heterocycles. The highest BCUT2D eigenvalue weighted by molar-refractivity contribution is 6.32. The molecule has 4 rings (SSSR count). The SMILES string of the molecule is O=C(NCCC[NH+]1CCOCC1)c1cc(-c2ccco2)nn1-c1ccccc1Cl. The van der Waals surface area contributed by atoms with E-state index in [1.807, 2.05) is 24.3 Å². The maximum absolute atomic E-state index is 12.9. The van der Waals surface area contributed by atoms with Gasteiger partial charge in [-0.1, -0.05) is 23.7 Å². The lowest BCUT2D eigenvalue weighted by Crippen LogP contribution is -3.14. The minimum atomic E-state index is -0.188. The number of halogens is 1. The second kappa shape index (κ2) is 9.26. The lowest BCUT2D eigenvalue weighted by Gasteiger charge is -2.23. The Balaban J connectivity index is 1.49. The standard InChI is InChI=1S/C21H23ClN4O3/c22-16-5-1-2-6-18(16)26-19(15-17(24-26)20-7-3-12-29-20)21(27)23-8-4-9-25-10-13-28-14-11-25/h1-3,5-7,12,15H,4,8-11,13-14H2,(H,23,27)/p+1. The molecule has 1 aromatic carbocycles. The Hall–Kier alpha value is -2.61. The van der Waals surface area contributed by atoms with Crippen molar-refractivity contribution in [3.63, 3.8) is 0 Å². The third-order valence-corrected chi connectivity index (χ3v) is 5.31. The molecule has 0 aliphatic carbocycles. The van der Waals surface area contributed by atoms with Crippen LogP contribution in [-0.2, 0) is 4.74 Å². The number of benzene rings is 1. The fraction of sp³-hybridized carbons (Fsp3) is 0.333. The summed E-state index contributed by atoms with van der Waals surface area (Å²) in [7, 11) is 0. The number of aromatic nitrogens is 2. The Bertz CT molecular complexity index is 949. The first-order valence-corrected chi connectivity index (χ1v) is 10.2. The molecule has 7 nitrogen and oxygen atoms in total. The number of nitrogens with one attached hydrogen (secondary N) is 2. The van der Waals surface area contributed by atoms with Crippen LogP contribution in [0.25, 0.3) is 17.1 Å². The molecule has 1 amide bonds. The summed E-state index contributed by atoms with van der Waals surface area (Å²) in [6.07, 6.45) is 2.49. The zero-order chi connectivity index (χ0) is 20.1. The van der Waals surface area contributed by atoms with Crippen molar-refractivity contribution in [1.82, 2.24) is 15.1 Å². The average molecular weight is 416 g/mol. The molecule has 29 heavy (non-hydrogen) atoms. The van der Waals surface area contributed by atoms with Crippen molar-refractivity contribution >= 4 is 17.5 Å². The highest BCUT2D eigenvalue weighted by Crippen LogP contribution is 2.25. The summed E-state index contributed by atoms with van der Waals surface area (Å²) >= 11 is 6.35. The maximum atomic E-state index is 12.9. The Labute approximate surface area is 174 Å². The number of ether oxygens (including phenoxy) is 1. The number of para-hydroxylation sites is 1. The zero-order valence-electron chi connectivity index (χ0n) is 16.1. The topological polar surface area (TPSA) is 73.7 Å². The summed E-state index contributed by atoms with van der Waals surface area (Å²) in [5, 5.41) is 8.09. The number of amides is 1. The molecule has 0 radical (unpaired) electrons. The van der Waals surface area contributed by atoms with Crippen molar-refractivity contribution in [2.75, 3.05) is 39.4 Å². The molecular formula is C21H24ClN4O3+. The number of hydrogen-bond donors (Lipinski definition) is 2. The van der Waals surface area contributed by atoms with E-state index in [2.05, 4.69) is 10.4 Å². The molecular weight excluding hydrogens is 392 g/mol. The van der Waals surface area contributed by atoms with E-state index in [0.29, 0.717) is 34.4 Å². The van der Waals surface area contributed by atoms with Crippen LogP contribution < -0.4 is 10.2 Å². The number of rotatable bonds is 7. The molecule has 0 atom stereocenters. The van der Waals surface area contributed by atoms with Crippen LogP contribution in [0.5, 0.6) is 0 Å². The van der Waals surface area contributed by atoms with Crippen molar-refractivity contribution < 1.29 is 18.8 Å². The molecule has 2 aromatic heterocycles. The van der Waals surface area contributed by atoms with Crippen LogP contribution in [-0.4, -0.2) is 55.1 Å². The third-order valence-electron chi connectivity index (χ3n) is 4.99. The van der Waals surface area contributed by atoms with Gasteiger partial charge >= 0.3 is 0 Å². The quantitative estimate of drug-likeness (QED) is 0.577. The third kappa shape index (κ3) is 4.70. The summed E-state index contributed by atoms with van der Waals surface area (Å²) in [5.41, 5.74) is 1.65. The summed E-state index contributed by atoms with van der Waals surface area (Å²) < 4.78 is 12.4. The summed E-state index contributed by atoms with van der Waals surface area (Å²) in [5.74, 6) is 0.410. The van der Waals surface area contributed by atoms with E-state index in [0.717, 1.165) is 39.3 Å². The first-order valence-electron chi connectivity index (χ1n) is 9.81. The highest BCUT2D eigenvalue weighted by Gasteiger charge is 2.20. The van der Waals surface area contributed by atoms with Crippen LogP contribution in [0.4, 0.5) is 0 Å². The molecule has 2 N–H and O–H groups in total. The molecule has 0 bridgehead atoms. The maximum Gasteiger partial charge on any atom is 0.270 e. The van der Waals surface area contributed by atoms with Gasteiger partial charge in [-0.3, -0.25) is 4.79 Å². The molecule has 152 valence electrons. The van der Waals surface area contributed by atoms with Gasteiger partial charge in [0.15, 0.2) is 5.76 Å². The molecule has 8 heteroatoms. The molecule has 0 unspecified atom stereocenters. The van der Waals surface area contributed by atoms with Crippen LogP contribution in [0.15, 0.2) is 53.1 Å². The molecule has 1 aliphatic rings. The molecule has 0 spiro atoms. The molecule has 3 aromatic rings. The lowest BCUT2D eigenvalue weighted by atomic mass is 10.2. The van der Waals surface area contributed by atoms with Gasteiger partial charge in [-0.15, -0.1) is 0 Å². The highest BCUT2D eigenvalue weighted by atomic mass is 35.5. The van der Waals surface area contributed by atoms with Crippen molar-refractivity contribution in [3.8, 4) is 17.1 Å². The number of furan rings is 1. The first kappa shape index (κ1) is 19.7. The van der Waals surface area contributed by atoms with Crippen LogP contribution in [0.1, 0.15) is 16.9 Å². The number of morpholine rings is 1. The van der Waals surface area contributed by atoms with E-state index in [1.54, 1.807) is 29.1 Å². The van der Waals surface area contributed by atoms with Crippen molar-refractivity contribution in [2.45, 2.75) is 6.42 Å². The predicted octanol–water partition coefficient (Wildman–Crippen LogP) is 1.82. The van der Waals surface area contributed by atoms with E-state index >= 15 is 0 Å². The lowest BCUT2D eigenvalue weighted by molar-refractivity contribution is -0.908. The van der Waals surface area contributed by atoms with E-state index in [-0.39, 0.29) is 5.91 Å². The van der Waals surface area contributed by atoms with Gasteiger partial charge in [0.1, 0.15) is 24.5 Å². The fourth-order valence-electron chi connectivity index (χ4n) is 3.44. The Morgan fingerprint density at radius 3 is 2.79 bits per heavy atom. The minimum absolute atomic E-state index is 0.188. The average Bonchev–Trinajstić information content (AvgIpc) is 3.42. The number of quaternary nitrogens is 1. The van der Waals surface area contributed by atoms with Gasteiger partial charge in [-0.2, -0.15) is 5.10 Å². The second-order valence-corrected chi connectivity index (χ2v) is 7.38. The summed E-state index contributed by atoms with van der Waals surface area (Å²) in [6.45, 7) is 5.31. The van der Waals surface area contributed by atoms with Crippen LogP contribution >= 0.6 is 11.6 Å². The van der Waals surface area contributed by atoms with E-state index < -0.39 is 0 Å². The van der Waals surface area contributed by atoms with E-state index in [4.69, 9.17) is 20.8 Å². The summed E-state index contributed by atoms with van der Waals surface area (Å²) in [4.78, 5) is 14.4. The van der Waals surface area contributed by atoms with E-state index in [1.165, 1.54) is 4.90 Å². The summed E-state index contributed by atoms with van der Waals surface area (Å²) in [6, 6.07) is 12.6. The Kier molecular flexibility index (Phi) is 6.29.